The fourth-order valence-corrected chi connectivity index (χ4v) is 5.17. The number of fused-ring (bicyclic) bond motifs is 1. The third-order valence-electron chi connectivity index (χ3n) is 5.74. The SMILES string of the molecule is CC1(C)CC(=O)C2=C(C1)Nc1nc(SCc3ccccc3F)nn1C2c1ccccc1. The van der Waals surface area contributed by atoms with Crippen molar-refractivity contribution in [3.05, 3.63) is 82.8 Å². The van der Waals surface area contributed by atoms with Crippen molar-refractivity contribution >= 4 is 23.5 Å². The summed E-state index contributed by atoms with van der Waals surface area (Å²) in [5.41, 5.74) is 3.21. The lowest BCUT2D eigenvalue weighted by Crippen LogP contribution is -2.36. The van der Waals surface area contributed by atoms with Gasteiger partial charge < -0.3 is 5.32 Å². The number of carbonyl (C=O) groups excluding carboxylic acids is 1. The zero-order chi connectivity index (χ0) is 21.6. The van der Waals surface area contributed by atoms with E-state index in [0.717, 1.165) is 23.3 Å². The molecule has 3 aromatic rings. The van der Waals surface area contributed by atoms with E-state index >= 15 is 0 Å². The standard InChI is InChI=1S/C24H23FN4OS/c1-24(2)12-18-20(19(30)13-24)21(15-8-4-3-5-9-15)29-22(26-18)27-23(28-29)31-14-16-10-6-7-11-17(16)25/h3-11,21H,12-14H2,1-2H3,(H,26,27,28). The van der Waals surface area contributed by atoms with E-state index in [9.17, 15) is 9.18 Å². The normalized spacial score (nSPS) is 19.6. The van der Waals surface area contributed by atoms with Crippen LogP contribution in [-0.2, 0) is 10.5 Å². The van der Waals surface area contributed by atoms with E-state index in [1.165, 1.54) is 17.8 Å². The summed E-state index contributed by atoms with van der Waals surface area (Å²) in [5.74, 6) is 0.971. The van der Waals surface area contributed by atoms with E-state index in [-0.39, 0.29) is 23.1 Å². The van der Waals surface area contributed by atoms with E-state index in [4.69, 9.17) is 5.10 Å². The van der Waals surface area contributed by atoms with Gasteiger partial charge in [-0.05, 0) is 29.0 Å². The van der Waals surface area contributed by atoms with Crippen LogP contribution in [-0.4, -0.2) is 20.5 Å². The molecule has 1 unspecified atom stereocenters. The van der Waals surface area contributed by atoms with Crippen LogP contribution < -0.4 is 5.32 Å². The molecule has 1 aliphatic heterocycles. The van der Waals surface area contributed by atoms with Gasteiger partial charge >= 0.3 is 0 Å². The van der Waals surface area contributed by atoms with Crippen LogP contribution in [0.5, 0.6) is 0 Å². The largest absolute Gasteiger partial charge is 0.328 e. The van der Waals surface area contributed by atoms with E-state index in [1.54, 1.807) is 16.8 Å². The number of halogens is 1. The summed E-state index contributed by atoms with van der Waals surface area (Å²) in [6, 6.07) is 16.4. The maximum atomic E-state index is 14.0. The molecule has 0 amide bonds. The highest BCUT2D eigenvalue weighted by molar-refractivity contribution is 7.98. The molecule has 0 fully saturated rings. The first kappa shape index (κ1) is 20.0. The van der Waals surface area contributed by atoms with Crippen LogP contribution in [0.15, 0.2) is 71.0 Å². The van der Waals surface area contributed by atoms with Gasteiger partial charge in [0, 0.05) is 23.4 Å². The number of allylic oxidation sites excluding steroid dienone is 2. The molecule has 2 heterocycles. The first-order valence-corrected chi connectivity index (χ1v) is 11.3. The maximum Gasteiger partial charge on any atom is 0.227 e. The number of nitrogens with zero attached hydrogens (tertiary/aromatic N) is 3. The minimum Gasteiger partial charge on any atom is -0.328 e. The highest BCUT2D eigenvalue weighted by Gasteiger charge is 2.41. The van der Waals surface area contributed by atoms with Crippen molar-refractivity contribution in [3.63, 3.8) is 0 Å². The van der Waals surface area contributed by atoms with Gasteiger partial charge in [-0.1, -0.05) is 74.1 Å². The average molecular weight is 435 g/mol. The Morgan fingerprint density at radius 2 is 1.87 bits per heavy atom. The van der Waals surface area contributed by atoms with Crippen molar-refractivity contribution in [3.8, 4) is 0 Å². The van der Waals surface area contributed by atoms with Crippen LogP contribution in [0.4, 0.5) is 10.3 Å². The van der Waals surface area contributed by atoms with Gasteiger partial charge in [-0.25, -0.2) is 9.07 Å². The molecule has 0 radical (unpaired) electrons. The summed E-state index contributed by atoms with van der Waals surface area (Å²) in [7, 11) is 0. The molecule has 1 aliphatic carbocycles. The van der Waals surface area contributed by atoms with Gasteiger partial charge in [-0.15, -0.1) is 5.10 Å². The van der Waals surface area contributed by atoms with E-state index in [1.807, 2.05) is 36.4 Å². The number of Topliss-reactive ketones (excluding diaryl/α,β-unsaturated/α-hetero) is 1. The summed E-state index contributed by atoms with van der Waals surface area (Å²) in [4.78, 5) is 17.9. The number of rotatable bonds is 4. The summed E-state index contributed by atoms with van der Waals surface area (Å²) >= 11 is 1.39. The highest BCUT2D eigenvalue weighted by atomic mass is 32.2. The summed E-state index contributed by atoms with van der Waals surface area (Å²) in [5, 5.41) is 8.64. The Balaban J connectivity index is 1.52. The number of thioether (sulfide) groups is 1. The molecular weight excluding hydrogens is 411 g/mol. The third kappa shape index (κ3) is 3.78. The number of benzene rings is 2. The smallest absolute Gasteiger partial charge is 0.227 e. The second-order valence-electron chi connectivity index (χ2n) is 8.81. The van der Waals surface area contributed by atoms with Crippen LogP contribution in [0.3, 0.4) is 0 Å². The molecule has 0 saturated carbocycles. The zero-order valence-corrected chi connectivity index (χ0v) is 18.2. The Kier molecular flexibility index (Phi) is 4.93. The lowest BCUT2D eigenvalue weighted by atomic mass is 9.73. The molecular formula is C24H23FN4OS. The quantitative estimate of drug-likeness (QED) is 0.560. The van der Waals surface area contributed by atoms with E-state index in [2.05, 4.69) is 24.1 Å². The van der Waals surface area contributed by atoms with E-state index in [0.29, 0.717) is 28.8 Å². The number of hydrogen-bond acceptors (Lipinski definition) is 5. The molecule has 5 nitrogen and oxygen atoms in total. The predicted molar refractivity (Wildman–Crippen MR) is 119 cm³/mol. The molecule has 0 saturated heterocycles. The summed E-state index contributed by atoms with van der Waals surface area (Å²) in [6.07, 6.45) is 1.29. The summed E-state index contributed by atoms with van der Waals surface area (Å²) in [6.45, 7) is 4.23. The molecule has 2 aromatic carbocycles. The lowest BCUT2D eigenvalue weighted by molar-refractivity contribution is -0.118. The Hall–Kier alpha value is -2.93. The van der Waals surface area contributed by atoms with Gasteiger partial charge in [0.2, 0.25) is 11.1 Å². The van der Waals surface area contributed by atoms with Crippen molar-refractivity contribution in [1.29, 1.82) is 0 Å². The molecule has 1 aromatic heterocycles. The van der Waals surface area contributed by atoms with Gasteiger partial charge in [0.25, 0.3) is 0 Å². The Morgan fingerprint density at radius 3 is 2.65 bits per heavy atom. The zero-order valence-electron chi connectivity index (χ0n) is 17.4. The van der Waals surface area contributed by atoms with Gasteiger partial charge in [0.15, 0.2) is 5.78 Å². The predicted octanol–water partition coefficient (Wildman–Crippen LogP) is 5.37. The number of hydrogen-bond donors (Lipinski definition) is 1. The number of anilines is 1. The first-order chi connectivity index (χ1) is 14.9. The second-order valence-corrected chi connectivity index (χ2v) is 9.76. The molecule has 1 N–H and O–H groups in total. The Morgan fingerprint density at radius 1 is 1.13 bits per heavy atom. The fraction of sp³-hybridized carbons (Fsp3) is 0.292. The monoisotopic (exact) mass is 434 g/mol. The van der Waals surface area contributed by atoms with Crippen molar-refractivity contribution in [2.75, 3.05) is 5.32 Å². The van der Waals surface area contributed by atoms with Crippen LogP contribution in [0.2, 0.25) is 0 Å². The van der Waals surface area contributed by atoms with Gasteiger partial charge in [-0.2, -0.15) is 4.98 Å². The molecule has 31 heavy (non-hydrogen) atoms. The minimum atomic E-state index is -0.314. The first-order valence-electron chi connectivity index (χ1n) is 10.3. The van der Waals surface area contributed by atoms with Crippen LogP contribution in [0.25, 0.3) is 0 Å². The fourth-order valence-electron chi connectivity index (χ4n) is 4.35. The van der Waals surface area contributed by atoms with Crippen molar-refractivity contribution in [2.24, 2.45) is 5.41 Å². The van der Waals surface area contributed by atoms with Crippen molar-refractivity contribution in [2.45, 2.75) is 43.6 Å². The molecule has 7 heteroatoms. The number of carbonyl (C=O) groups is 1. The highest BCUT2D eigenvalue weighted by Crippen LogP contribution is 2.45. The van der Waals surface area contributed by atoms with Crippen molar-refractivity contribution in [1.82, 2.24) is 14.8 Å². The van der Waals surface area contributed by atoms with Gasteiger partial charge in [0.05, 0.1) is 0 Å². The van der Waals surface area contributed by atoms with Crippen LogP contribution >= 0.6 is 11.8 Å². The van der Waals surface area contributed by atoms with Gasteiger partial charge in [-0.3, -0.25) is 4.79 Å². The van der Waals surface area contributed by atoms with Crippen molar-refractivity contribution < 1.29 is 9.18 Å². The minimum absolute atomic E-state index is 0.102. The Labute approximate surface area is 184 Å². The number of nitrogens with one attached hydrogen (secondary N) is 1. The molecule has 5 rings (SSSR count). The molecule has 2 aliphatic rings. The molecule has 0 spiro atoms. The molecule has 0 bridgehead atoms. The maximum absolute atomic E-state index is 14.0. The third-order valence-corrected chi connectivity index (χ3v) is 6.63. The topological polar surface area (TPSA) is 59.8 Å². The summed E-state index contributed by atoms with van der Waals surface area (Å²) < 4.78 is 15.8. The van der Waals surface area contributed by atoms with Crippen LogP contribution in [0, 0.1) is 11.2 Å². The number of aromatic nitrogens is 3. The van der Waals surface area contributed by atoms with Crippen LogP contribution in [0.1, 0.15) is 43.9 Å². The molecule has 1 atom stereocenters. The lowest BCUT2D eigenvalue weighted by Gasteiger charge is -2.38. The Bertz CT molecular complexity index is 1190. The van der Waals surface area contributed by atoms with E-state index < -0.39 is 0 Å². The average Bonchev–Trinajstić information content (AvgIpc) is 3.14. The number of ketones is 1. The van der Waals surface area contributed by atoms with Gasteiger partial charge in [0.1, 0.15) is 11.9 Å². The second kappa shape index (κ2) is 7.64. The molecule has 158 valence electrons.